The summed E-state index contributed by atoms with van der Waals surface area (Å²) in [5.74, 6) is -2.63. The van der Waals surface area contributed by atoms with Crippen molar-refractivity contribution in [1.82, 2.24) is 0 Å². The average molecular weight is 386 g/mol. The van der Waals surface area contributed by atoms with E-state index in [2.05, 4.69) is 16.2 Å². The van der Waals surface area contributed by atoms with Crippen LogP contribution in [0.25, 0.3) is 10.8 Å². The molecule has 0 aliphatic carbocycles. The average Bonchev–Trinajstić information content (AvgIpc) is 2.53. The largest absolute Gasteiger partial charge is 0.478 e. The first-order chi connectivity index (χ1) is 11.6. The molecule has 7 nitrogen and oxygen atoms in total. The van der Waals surface area contributed by atoms with Crippen molar-refractivity contribution >= 4 is 42.1 Å². The van der Waals surface area contributed by atoms with Gasteiger partial charge in [0.25, 0.3) is 10.1 Å². The lowest BCUT2D eigenvalue weighted by Gasteiger charge is -2.07. The molecule has 0 bridgehead atoms. The summed E-state index contributed by atoms with van der Waals surface area (Å²) in [6.45, 7) is 2.20. The smallest absolute Gasteiger partial charge is 0.335 e. The predicted octanol–water partition coefficient (Wildman–Crippen LogP) is 3.14. The first kappa shape index (κ1) is 21.0. The zero-order valence-electron chi connectivity index (χ0n) is 13.5. The van der Waals surface area contributed by atoms with Crippen molar-refractivity contribution in [3.8, 4) is 0 Å². The molecule has 25 heavy (non-hydrogen) atoms. The zero-order valence-corrected chi connectivity index (χ0v) is 15.4. The molecule has 2 aromatic rings. The molecule has 3 N–H and O–H groups in total. The maximum Gasteiger partial charge on any atom is 0.335 e. The van der Waals surface area contributed by atoms with Gasteiger partial charge in [-0.2, -0.15) is 8.42 Å². The van der Waals surface area contributed by atoms with Gasteiger partial charge in [0.2, 0.25) is 0 Å². The minimum Gasteiger partial charge on any atom is -0.478 e. The molecule has 1 atom stereocenters. The van der Waals surface area contributed by atoms with Gasteiger partial charge < -0.3 is 10.2 Å². The van der Waals surface area contributed by atoms with Gasteiger partial charge in [-0.25, -0.2) is 9.59 Å². The lowest BCUT2D eigenvalue weighted by atomic mass is 10.0. The maximum atomic E-state index is 11.3. The normalized spacial score (nSPS) is 10.8. The highest BCUT2D eigenvalue weighted by atomic mass is 32.2. The molecule has 0 saturated carbocycles. The van der Waals surface area contributed by atoms with Crippen molar-refractivity contribution in [2.24, 2.45) is 0 Å². The molecule has 1 unspecified atom stereocenters. The van der Waals surface area contributed by atoms with Crippen LogP contribution in [0.4, 0.5) is 0 Å². The topological polar surface area (TPSA) is 129 Å². The van der Waals surface area contributed by atoms with Crippen LogP contribution in [-0.4, -0.2) is 41.3 Å². The molecule has 0 aromatic heterocycles. The van der Waals surface area contributed by atoms with Crippen LogP contribution in [0, 0.1) is 0 Å². The SMILES string of the molecule is CCCCP.O=C(O)c1cc(S(=O)(=O)O)c2cc(C(=O)O)ccc2c1. The van der Waals surface area contributed by atoms with E-state index >= 15 is 0 Å². The number of benzene rings is 2. The Morgan fingerprint density at radius 1 is 1.04 bits per heavy atom. The number of hydrogen-bond donors (Lipinski definition) is 3. The first-order valence-corrected chi connectivity index (χ1v) is 9.59. The lowest BCUT2D eigenvalue weighted by molar-refractivity contribution is 0.0685. The molecule has 0 saturated heterocycles. The van der Waals surface area contributed by atoms with Crippen LogP contribution in [-0.2, 0) is 10.1 Å². The lowest BCUT2D eigenvalue weighted by Crippen LogP contribution is -2.05. The predicted molar refractivity (Wildman–Crippen MR) is 97.2 cm³/mol. The van der Waals surface area contributed by atoms with E-state index in [1.54, 1.807) is 0 Å². The van der Waals surface area contributed by atoms with E-state index in [4.69, 9.17) is 14.8 Å². The van der Waals surface area contributed by atoms with Crippen LogP contribution in [0.15, 0.2) is 35.2 Å². The number of carboxylic acids is 2. The van der Waals surface area contributed by atoms with E-state index in [1.807, 2.05) is 0 Å². The van der Waals surface area contributed by atoms with Crippen LogP contribution in [0.5, 0.6) is 0 Å². The second-order valence-corrected chi connectivity index (χ2v) is 7.11. The van der Waals surface area contributed by atoms with Crippen LogP contribution in [0.2, 0.25) is 0 Å². The molecule has 2 aromatic carbocycles. The third-order valence-electron chi connectivity index (χ3n) is 3.25. The molecule has 0 aliphatic heterocycles. The van der Waals surface area contributed by atoms with Crippen molar-refractivity contribution in [2.45, 2.75) is 24.7 Å². The molecule has 0 heterocycles. The van der Waals surface area contributed by atoms with E-state index in [-0.39, 0.29) is 21.9 Å². The second kappa shape index (κ2) is 8.89. The van der Waals surface area contributed by atoms with Gasteiger partial charge in [0.1, 0.15) is 4.90 Å². The van der Waals surface area contributed by atoms with Gasteiger partial charge >= 0.3 is 11.9 Å². The molecule has 2 rings (SSSR count). The summed E-state index contributed by atoms with van der Waals surface area (Å²) in [4.78, 5) is 21.2. The number of hydrogen-bond acceptors (Lipinski definition) is 4. The quantitative estimate of drug-likeness (QED) is 0.532. The number of aromatic carboxylic acids is 2. The number of unbranched alkanes of at least 4 members (excludes halogenated alkanes) is 1. The van der Waals surface area contributed by atoms with Gasteiger partial charge in [0.15, 0.2) is 0 Å². The third kappa shape index (κ3) is 5.77. The fourth-order valence-electron chi connectivity index (χ4n) is 2.00. The number of carboxylic acid groups (broad SMARTS) is 2. The fraction of sp³-hybridized carbons (Fsp3) is 0.250. The molecule has 0 amide bonds. The van der Waals surface area contributed by atoms with E-state index in [1.165, 1.54) is 37.2 Å². The zero-order chi connectivity index (χ0) is 19.2. The first-order valence-electron chi connectivity index (χ1n) is 7.33. The van der Waals surface area contributed by atoms with Crippen molar-refractivity contribution in [3.63, 3.8) is 0 Å². The maximum absolute atomic E-state index is 11.3. The van der Waals surface area contributed by atoms with Gasteiger partial charge in [-0.05, 0) is 35.8 Å². The Hall–Kier alpha value is -2.02. The monoisotopic (exact) mass is 386 g/mol. The van der Waals surface area contributed by atoms with Crippen LogP contribution in [0.1, 0.15) is 40.5 Å². The number of carbonyl (C=O) groups is 2. The summed E-state index contributed by atoms with van der Waals surface area (Å²) in [6, 6.07) is 5.53. The molecular weight excluding hydrogens is 367 g/mol. The summed E-state index contributed by atoms with van der Waals surface area (Å²) < 4.78 is 31.8. The van der Waals surface area contributed by atoms with E-state index in [0.717, 1.165) is 12.1 Å². The highest BCUT2D eigenvalue weighted by Gasteiger charge is 2.19. The van der Waals surface area contributed by atoms with E-state index < -0.39 is 27.0 Å². The highest BCUT2D eigenvalue weighted by molar-refractivity contribution is 7.86. The number of rotatable bonds is 5. The number of fused-ring (bicyclic) bond motifs is 1. The van der Waals surface area contributed by atoms with Gasteiger partial charge in [0, 0.05) is 5.39 Å². The molecule has 136 valence electrons. The van der Waals surface area contributed by atoms with Crippen molar-refractivity contribution in [2.75, 3.05) is 6.16 Å². The van der Waals surface area contributed by atoms with Crippen LogP contribution < -0.4 is 0 Å². The Labute approximate surface area is 147 Å². The Morgan fingerprint density at radius 2 is 1.64 bits per heavy atom. The standard InChI is InChI=1S/C12H8O7S.C4H11P/c13-11(14)7-2-1-6-3-8(12(15)16)5-10(9(6)4-7)20(17,18)19;1-2-3-4-5/h1-5H,(H,13,14)(H,15,16)(H,17,18,19);2-5H2,1H3. The van der Waals surface area contributed by atoms with Crippen LogP contribution in [0.3, 0.4) is 0 Å². The molecule has 9 heteroatoms. The highest BCUT2D eigenvalue weighted by Crippen LogP contribution is 2.26. The summed E-state index contributed by atoms with van der Waals surface area (Å²) >= 11 is 0. The minimum absolute atomic E-state index is 0.0580. The van der Waals surface area contributed by atoms with E-state index in [9.17, 15) is 18.0 Å². The fourth-order valence-corrected chi connectivity index (χ4v) is 3.14. The van der Waals surface area contributed by atoms with Gasteiger partial charge in [-0.15, -0.1) is 9.24 Å². The molecule has 0 fully saturated rings. The third-order valence-corrected chi connectivity index (χ3v) is 4.55. The Kier molecular flexibility index (Phi) is 7.48. The van der Waals surface area contributed by atoms with Gasteiger partial charge in [-0.3, -0.25) is 4.55 Å². The van der Waals surface area contributed by atoms with Crippen molar-refractivity contribution in [3.05, 3.63) is 41.5 Å². The Morgan fingerprint density at radius 3 is 2.04 bits per heavy atom. The van der Waals surface area contributed by atoms with Gasteiger partial charge in [0.05, 0.1) is 11.1 Å². The Balaban J connectivity index is 0.000000550. The van der Waals surface area contributed by atoms with E-state index in [0.29, 0.717) is 0 Å². The van der Waals surface area contributed by atoms with Crippen molar-refractivity contribution in [1.29, 1.82) is 0 Å². The molecule has 0 aliphatic rings. The Bertz CT molecular complexity index is 889. The summed E-state index contributed by atoms with van der Waals surface area (Å²) in [6.07, 6.45) is 3.94. The second-order valence-electron chi connectivity index (χ2n) is 5.14. The summed E-state index contributed by atoms with van der Waals surface area (Å²) in [7, 11) is -1.98. The van der Waals surface area contributed by atoms with Crippen LogP contribution >= 0.6 is 9.24 Å². The molecule has 0 radical (unpaired) electrons. The minimum atomic E-state index is -4.68. The van der Waals surface area contributed by atoms with Crippen molar-refractivity contribution < 1.29 is 32.8 Å². The molecule has 0 spiro atoms. The molecular formula is C16H19O7PS. The summed E-state index contributed by atoms with van der Waals surface area (Å²) in [5.41, 5.74) is -0.501. The summed E-state index contributed by atoms with van der Waals surface area (Å²) in [5, 5.41) is 17.9. The van der Waals surface area contributed by atoms with Gasteiger partial charge in [-0.1, -0.05) is 25.8 Å².